The standard InChI is InChI=1S/C19H18N2O2S/c1-23-16-8-4-2-6-14(16)10-11-18(22)20-13-12-19-21-15-7-3-5-9-17(15)24-19/h2-11H,12-13H2,1H3,(H,20,22)/b11-10+. The maximum Gasteiger partial charge on any atom is 0.244 e. The van der Waals surface area contributed by atoms with Crippen LogP contribution in [-0.4, -0.2) is 24.5 Å². The van der Waals surface area contributed by atoms with Gasteiger partial charge in [0.25, 0.3) is 0 Å². The summed E-state index contributed by atoms with van der Waals surface area (Å²) in [7, 11) is 1.62. The molecule has 5 heteroatoms. The quantitative estimate of drug-likeness (QED) is 0.698. The topological polar surface area (TPSA) is 51.2 Å². The second kappa shape index (κ2) is 7.75. The fourth-order valence-electron chi connectivity index (χ4n) is 2.35. The van der Waals surface area contributed by atoms with Crippen LogP contribution in [0.15, 0.2) is 54.6 Å². The molecule has 1 aromatic heterocycles. The van der Waals surface area contributed by atoms with Gasteiger partial charge in [0.05, 0.1) is 22.3 Å². The third-order valence-electron chi connectivity index (χ3n) is 3.53. The van der Waals surface area contributed by atoms with Gasteiger partial charge >= 0.3 is 0 Å². The molecule has 0 unspecified atom stereocenters. The van der Waals surface area contributed by atoms with Gasteiger partial charge in [0.15, 0.2) is 0 Å². The number of amides is 1. The zero-order valence-electron chi connectivity index (χ0n) is 13.4. The largest absolute Gasteiger partial charge is 0.496 e. The van der Waals surface area contributed by atoms with Crippen LogP contribution in [0, 0.1) is 0 Å². The second-order valence-electron chi connectivity index (χ2n) is 5.19. The SMILES string of the molecule is COc1ccccc1/C=C/C(=O)NCCc1nc2ccccc2s1. The van der Waals surface area contributed by atoms with Gasteiger partial charge in [0.1, 0.15) is 5.75 Å². The predicted molar refractivity (Wildman–Crippen MR) is 98.4 cm³/mol. The minimum atomic E-state index is -0.123. The summed E-state index contributed by atoms with van der Waals surface area (Å²) in [5.41, 5.74) is 1.89. The van der Waals surface area contributed by atoms with Crippen molar-refractivity contribution >= 4 is 33.5 Å². The van der Waals surface area contributed by atoms with E-state index in [1.165, 1.54) is 10.8 Å². The first-order valence-corrected chi connectivity index (χ1v) is 8.51. The summed E-state index contributed by atoms with van der Waals surface area (Å²) in [5, 5.41) is 3.92. The number of fused-ring (bicyclic) bond motifs is 1. The maximum atomic E-state index is 11.9. The highest BCUT2D eigenvalue weighted by atomic mass is 32.1. The average molecular weight is 338 g/mol. The van der Waals surface area contributed by atoms with Gasteiger partial charge in [-0.25, -0.2) is 4.98 Å². The third kappa shape index (κ3) is 4.00. The fourth-order valence-corrected chi connectivity index (χ4v) is 3.31. The zero-order valence-corrected chi connectivity index (χ0v) is 14.2. The lowest BCUT2D eigenvalue weighted by molar-refractivity contribution is -0.116. The maximum absolute atomic E-state index is 11.9. The lowest BCUT2D eigenvalue weighted by Crippen LogP contribution is -2.23. The summed E-state index contributed by atoms with van der Waals surface area (Å²) in [5.74, 6) is 0.623. The molecular formula is C19H18N2O2S. The molecule has 2 aromatic carbocycles. The van der Waals surface area contributed by atoms with Gasteiger partial charge in [-0.1, -0.05) is 30.3 Å². The number of methoxy groups -OCH3 is 1. The van der Waals surface area contributed by atoms with Crippen LogP contribution in [-0.2, 0) is 11.2 Å². The molecule has 0 aliphatic rings. The van der Waals surface area contributed by atoms with Gasteiger partial charge in [-0.3, -0.25) is 4.79 Å². The molecule has 0 spiro atoms. The highest BCUT2D eigenvalue weighted by Gasteiger charge is 2.04. The van der Waals surface area contributed by atoms with Crippen molar-refractivity contribution in [2.45, 2.75) is 6.42 Å². The van der Waals surface area contributed by atoms with E-state index in [0.29, 0.717) is 6.54 Å². The molecule has 1 N–H and O–H groups in total. The monoisotopic (exact) mass is 338 g/mol. The Kier molecular flexibility index (Phi) is 5.23. The first-order chi connectivity index (χ1) is 11.8. The molecule has 0 aliphatic heterocycles. The van der Waals surface area contributed by atoms with Gasteiger partial charge in [0, 0.05) is 24.6 Å². The summed E-state index contributed by atoms with van der Waals surface area (Å²) >= 11 is 1.67. The molecule has 0 fully saturated rings. The van der Waals surface area contributed by atoms with E-state index in [0.717, 1.165) is 28.3 Å². The van der Waals surface area contributed by atoms with E-state index in [1.807, 2.05) is 42.5 Å². The summed E-state index contributed by atoms with van der Waals surface area (Å²) in [6, 6.07) is 15.6. The van der Waals surface area contributed by atoms with Gasteiger partial charge in [-0.15, -0.1) is 11.3 Å². The molecule has 4 nitrogen and oxygen atoms in total. The number of ether oxygens (including phenoxy) is 1. The Morgan fingerprint density at radius 1 is 1.21 bits per heavy atom. The summed E-state index contributed by atoms with van der Waals surface area (Å²) in [6.07, 6.45) is 4.01. The van der Waals surface area contributed by atoms with Crippen LogP contribution in [0.25, 0.3) is 16.3 Å². The van der Waals surface area contributed by atoms with Crippen molar-refractivity contribution in [1.29, 1.82) is 0 Å². The number of hydrogen-bond donors (Lipinski definition) is 1. The van der Waals surface area contributed by atoms with E-state index in [1.54, 1.807) is 24.5 Å². The summed E-state index contributed by atoms with van der Waals surface area (Å²) < 4.78 is 6.43. The van der Waals surface area contributed by atoms with Crippen molar-refractivity contribution in [2.24, 2.45) is 0 Å². The first kappa shape index (κ1) is 16.2. The van der Waals surface area contributed by atoms with Gasteiger partial charge in [-0.2, -0.15) is 0 Å². The normalized spacial score (nSPS) is 11.0. The number of nitrogens with one attached hydrogen (secondary N) is 1. The van der Waals surface area contributed by atoms with E-state index in [9.17, 15) is 4.79 Å². The Morgan fingerprint density at radius 3 is 2.83 bits per heavy atom. The van der Waals surface area contributed by atoms with Gasteiger partial charge < -0.3 is 10.1 Å². The second-order valence-corrected chi connectivity index (χ2v) is 6.31. The van der Waals surface area contributed by atoms with Crippen LogP contribution in [0.5, 0.6) is 5.75 Å². The first-order valence-electron chi connectivity index (χ1n) is 7.69. The number of nitrogens with zero attached hydrogens (tertiary/aromatic N) is 1. The smallest absolute Gasteiger partial charge is 0.244 e. The Hall–Kier alpha value is -2.66. The third-order valence-corrected chi connectivity index (χ3v) is 4.63. The van der Waals surface area contributed by atoms with Crippen molar-refractivity contribution < 1.29 is 9.53 Å². The van der Waals surface area contributed by atoms with Crippen LogP contribution in [0.3, 0.4) is 0 Å². The Balaban J connectivity index is 1.53. The van der Waals surface area contributed by atoms with Crippen LogP contribution in [0.4, 0.5) is 0 Å². The van der Waals surface area contributed by atoms with E-state index >= 15 is 0 Å². The van der Waals surface area contributed by atoms with Gasteiger partial charge in [0.2, 0.25) is 5.91 Å². The molecular weight excluding hydrogens is 320 g/mol. The molecule has 0 saturated heterocycles. The van der Waals surface area contributed by atoms with Crippen LogP contribution < -0.4 is 10.1 Å². The van der Waals surface area contributed by atoms with Crippen LogP contribution in [0.2, 0.25) is 0 Å². The number of hydrogen-bond acceptors (Lipinski definition) is 4. The van der Waals surface area contributed by atoms with E-state index < -0.39 is 0 Å². The van der Waals surface area contributed by atoms with Crippen molar-refractivity contribution in [3.63, 3.8) is 0 Å². The number of aromatic nitrogens is 1. The lowest BCUT2D eigenvalue weighted by Gasteiger charge is -2.03. The molecule has 3 rings (SSSR count). The van der Waals surface area contributed by atoms with Crippen molar-refractivity contribution in [3.8, 4) is 5.75 Å². The van der Waals surface area contributed by atoms with Crippen molar-refractivity contribution in [3.05, 3.63) is 65.2 Å². The highest BCUT2D eigenvalue weighted by Crippen LogP contribution is 2.21. The van der Waals surface area contributed by atoms with Crippen molar-refractivity contribution in [1.82, 2.24) is 10.3 Å². The van der Waals surface area contributed by atoms with Gasteiger partial charge in [-0.05, 0) is 24.3 Å². The fraction of sp³-hybridized carbons (Fsp3) is 0.158. The van der Waals surface area contributed by atoms with E-state index in [-0.39, 0.29) is 5.91 Å². The number of carbonyl (C=O) groups is 1. The number of benzene rings is 2. The molecule has 122 valence electrons. The highest BCUT2D eigenvalue weighted by molar-refractivity contribution is 7.18. The van der Waals surface area contributed by atoms with E-state index in [4.69, 9.17) is 4.74 Å². The van der Waals surface area contributed by atoms with Crippen LogP contribution >= 0.6 is 11.3 Å². The molecule has 1 amide bonds. The Morgan fingerprint density at radius 2 is 2.00 bits per heavy atom. The predicted octanol–water partition coefficient (Wildman–Crippen LogP) is 3.68. The summed E-state index contributed by atoms with van der Waals surface area (Å²) in [4.78, 5) is 16.5. The summed E-state index contributed by atoms with van der Waals surface area (Å²) in [6.45, 7) is 0.564. The number of para-hydroxylation sites is 2. The number of carbonyl (C=O) groups excluding carboxylic acids is 1. The lowest BCUT2D eigenvalue weighted by atomic mass is 10.2. The Labute approximate surface area is 144 Å². The molecule has 0 atom stereocenters. The van der Waals surface area contributed by atoms with E-state index in [2.05, 4.69) is 16.4 Å². The molecule has 0 aliphatic carbocycles. The average Bonchev–Trinajstić information content (AvgIpc) is 3.03. The molecule has 1 heterocycles. The zero-order chi connectivity index (χ0) is 16.8. The molecule has 3 aromatic rings. The minimum Gasteiger partial charge on any atom is -0.496 e. The molecule has 24 heavy (non-hydrogen) atoms. The number of thiazole rings is 1. The molecule has 0 bridgehead atoms. The van der Waals surface area contributed by atoms with Crippen LogP contribution in [0.1, 0.15) is 10.6 Å². The number of rotatable bonds is 6. The molecule has 0 saturated carbocycles. The van der Waals surface area contributed by atoms with Crippen molar-refractivity contribution in [2.75, 3.05) is 13.7 Å². The minimum absolute atomic E-state index is 0.123. The molecule has 0 radical (unpaired) electrons. The Bertz CT molecular complexity index is 837.